The third-order valence-corrected chi connectivity index (χ3v) is 3.72. The molecule has 2 rings (SSSR count). The van der Waals surface area contributed by atoms with Crippen molar-refractivity contribution in [2.24, 2.45) is 5.92 Å². The second-order valence-electron chi connectivity index (χ2n) is 5.62. The van der Waals surface area contributed by atoms with Crippen LogP contribution in [0.3, 0.4) is 0 Å². The number of benzene rings is 1. The van der Waals surface area contributed by atoms with Gasteiger partial charge in [0, 0.05) is 11.8 Å². The van der Waals surface area contributed by atoms with Crippen molar-refractivity contribution in [2.45, 2.75) is 39.0 Å². The van der Waals surface area contributed by atoms with Crippen molar-refractivity contribution >= 4 is 5.78 Å². The molecule has 0 bridgehead atoms. The van der Waals surface area contributed by atoms with E-state index in [1.165, 1.54) is 11.1 Å². The van der Waals surface area contributed by atoms with Gasteiger partial charge in [0.05, 0.1) is 0 Å². The third kappa shape index (κ3) is 2.49. The van der Waals surface area contributed by atoms with Crippen molar-refractivity contribution in [3.63, 3.8) is 0 Å². The number of carbonyl (C=O) groups excluding carboxylic acids is 1. The number of rotatable bonds is 2. The number of hydrogen-bond donors (Lipinski definition) is 0. The molecule has 1 aliphatic rings. The molecule has 0 saturated heterocycles. The maximum Gasteiger partial charge on any atom is 0.156 e. The molecule has 0 aliphatic heterocycles. The Bertz CT molecular complexity index is 442. The number of hydrogen-bond acceptors (Lipinski definition) is 1. The van der Waals surface area contributed by atoms with Crippen LogP contribution in [0.2, 0.25) is 0 Å². The molecular weight excluding hydrogens is 208 g/mol. The first-order valence-electron chi connectivity index (χ1n) is 6.30. The van der Waals surface area contributed by atoms with Gasteiger partial charge in [0.25, 0.3) is 0 Å². The molecule has 1 nitrogen and oxygen atoms in total. The van der Waals surface area contributed by atoms with Gasteiger partial charge in [0.2, 0.25) is 0 Å². The van der Waals surface area contributed by atoms with Crippen LogP contribution in [0.15, 0.2) is 42.0 Å². The quantitative estimate of drug-likeness (QED) is 0.750. The Kier molecular flexibility index (Phi) is 3.19. The third-order valence-electron chi connectivity index (χ3n) is 3.72. The van der Waals surface area contributed by atoms with Gasteiger partial charge in [0.1, 0.15) is 0 Å². The van der Waals surface area contributed by atoms with Gasteiger partial charge in [0.15, 0.2) is 5.78 Å². The molecule has 1 aliphatic carbocycles. The van der Waals surface area contributed by atoms with E-state index < -0.39 is 0 Å². The Balaban J connectivity index is 2.35. The minimum Gasteiger partial charge on any atom is -0.295 e. The predicted molar refractivity (Wildman–Crippen MR) is 71.0 cm³/mol. The van der Waals surface area contributed by atoms with Gasteiger partial charge in [-0.1, -0.05) is 56.7 Å². The summed E-state index contributed by atoms with van der Waals surface area (Å²) in [6.45, 7) is 6.53. The SMILES string of the molecule is CC(C)C1=CC(=O)C[C@@](C)(c2ccccc2)C1. The van der Waals surface area contributed by atoms with E-state index >= 15 is 0 Å². The Morgan fingerprint density at radius 3 is 2.35 bits per heavy atom. The fraction of sp³-hybridized carbons (Fsp3) is 0.438. The lowest BCUT2D eigenvalue weighted by Crippen LogP contribution is -2.30. The number of carbonyl (C=O) groups is 1. The average molecular weight is 228 g/mol. The largest absolute Gasteiger partial charge is 0.295 e. The maximum absolute atomic E-state index is 11.9. The highest BCUT2D eigenvalue weighted by Crippen LogP contribution is 2.39. The van der Waals surface area contributed by atoms with Gasteiger partial charge in [-0.05, 0) is 24.0 Å². The minimum atomic E-state index is -0.0211. The summed E-state index contributed by atoms with van der Waals surface area (Å²) in [6.07, 6.45) is 3.49. The van der Waals surface area contributed by atoms with Gasteiger partial charge in [-0.15, -0.1) is 0 Å². The van der Waals surface area contributed by atoms with Crippen molar-refractivity contribution in [3.05, 3.63) is 47.5 Å². The lowest BCUT2D eigenvalue weighted by molar-refractivity contribution is -0.116. The summed E-state index contributed by atoms with van der Waals surface area (Å²) in [5.74, 6) is 0.730. The molecule has 1 heteroatoms. The zero-order chi connectivity index (χ0) is 12.5. The van der Waals surface area contributed by atoms with Gasteiger partial charge in [-0.3, -0.25) is 4.79 Å². The summed E-state index contributed by atoms with van der Waals surface area (Å²) in [6, 6.07) is 10.4. The first-order chi connectivity index (χ1) is 8.01. The van der Waals surface area contributed by atoms with Crippen molar-refractivity contribution in [2.75, 3.05) is 0 Å². The molecule has 0 fully saturated rings. The topological polar surface area (TPSA) is 17.1 Å². The Morgan fingerprint density at radius 1 is 1.12 bits per heavy atom. The van der Waals surface area contributed by atoms with Crippen LogP contribution in [0.5, 0.6) is 0 Å². The van der Waals surface area contributed by atoms with Gasteiger partial charge in [-0.25, -0.2) is 0 Å². The highest BCUT2D eigenvalue weighted by Gasteiger charge is 2.34. The van der Waals surface area contributed by atoms with Gasteiger partial charge >= 0.3 is 0 Å². The summed E-state index contributed by atoms with van der Waals surface area (Å²) in [7, 11) is 0. The molecule has 0 amide bonds. The van der Waals surface area contributed by atoms with Crippen molar-refractivity contribution in [1.29, 1.82) is 0 Å². The van der Waals surface area contributed by atoms with Crippen LogP contribution in [0.25, 0.3) is 0 Å². The van der Waals surface area contributed by atoms with Crippen LogP contribution in [-0.2, 0) is 10.2 Å². The average Bonchev–Trinajstić information content (AvgIpc) is 2.29. The molecule has 1 aromatic rings. The van der Waals surface area contributed by atoms with Gasteiger partial charge < -0.3 is 0 Å². The van der Waals surface area contributed by atoms with Crippen LogP contribution in [-0.4, -0.2) is 5.78 Å². The van der Waals surface area contributed by atoms with Crippen molar-refractivity contribution in [1.82, 2.24) is 0 Å². The fourth-order valence-electron chi connectivity index (χ4n) is 2.62. The van der Waals surface area contributed by atoms with E-state index in [-0.39, 0.29) is 11.2 Å². The van der Waals surface area contributed by atoms with E-state index in [9.17, 15) is 4.79 Å². The van der Waals surface area contributed by atoms with Gasteiger partial charge in [-0.2, -0.15) is 0 Å². The molecule has 0 N–H and O–H groups in total. The lowest BCUT2D eigenvalue weighted by Gasteiger charge is -2.34. The smallest absolute Gasteiger partial charge is 0.156 e. The maximum atomic E-state index is 11.9. The van der Waals surface area contributed by atoms with Crippen LogP contribution in [0.4, 0.5) is 0 Å². The molecule has 17 heavy (non-hydrogen) atoms. The van der Waals surface area contributed by atoms with E-state index in [1.807, 2.05) is 12.1 Å². The molecule has 0 saturated carbocycles. The van der Waals surface area contributed by atoms with Crippen LogP contribution in [0, 0.1) is 5.92 Å². The monoisotopic (exact) mass is 228 g/mol. The molecular formula is C16H20O. The van der Waals surface area contributed by atoms with E-state index in [1.54, 1.807) is 0 Å². The van der Waals surface area contributed by atoms with Crippen molar-refractivity contribution < 1.29 is 4.79 Å². The highest BCUT2D eigenvalue weighted by atomic mass is 16.1. The zero-order valence-corrected chi connectivity index (χ0v) is 10.9. The predicted octanol–water partition coefficient (Wildman–Crippen LogP) is 3.89. The second kappa shape index (κ2) is 4.48. The van der Waals surface area contributed by atoms with E-state index in [2.05, 4.69) is 45.0 Å². The first-order valence-corrected chi connectivity index (χ1v) is 6.30. The zero-order valence-electron chi connectivity index (χ0n) is 10.9. The normalized spacial score (nSPS) is 24.9. The fourth-order valence-corrected chi connectivity index (χ4v) is 2.62. The summed E-state index contributed by atoms with van der Waals surface area (Å²) < 4.78 is 0. The van der Waals surface area contributed by atoms with E-state index in [4.69, 9.17) is 0 Å². The molecule has 0 aromatic heterocycles. The first kappa shape index (κ1) is 12.1. The van der Waals surface area contributed by atoms with Crippen LogP contribution < -0.4 is 0 Å². The number of ketones is 1. The molecule has 1 aromatic carbocycles. The highest BCUT2D eigenvalue weighted by molar-refractivity contribution is 5.92. The minimum absolute atomic E-state index is 0.0211. The van der Waals surface area contributed by atoms with Crippen molar-refractivity contribution in [3.8, 4) is 0 Å². The van der Waals surface area contributed by atoms with E-state index in [0.717, 1.165) is 6.42 Å². The summed E-state index contributed by atoms with van der Waals surface area (Å²) >= 11 is 0. The molecule has 90 valence electrons. The van der Waals surface area contributed by atoms with E-state index in [0.29, 0.717) is 12.3 Å². The standard InChI is InChI=1S/C16H20O/c1-12(2)13-9-15(17)11-16(3,10-13)14-7-5-4-6-8-14/h4-9,12H,10-11H2,1-3H3/t16-/m0/s1. The van der Waals surface area contributed by atoms with Crippen LogP contribution >= 0.6 is 0 Å². The Labute approximate surface area is 104 Å². The van der Waals surface area contributed by atoms with Crippen LogP contribution in [0.1, 0.15) is 39.2 Å². The molecule has 0 radical (unpaired) electrons. The molecule has 0 heterocycles. The lowest BCUT2D eigenvalue weighted by atomic mass is 9.69. The molecule has 1 atom stereocenters. The molecule has 0 unspecified atom stereocenters. The second-order valence-corrected chi connectivity index (χ2v) is 5.62. The summed E-state index contributed by atoms with van der Waals surface area (Å²) in [4.78, 5) is 11.9. The number of allylic oxidation sites excluding steroid dienone is 2. The Hall–Kier alpha value is -1.37. The summed E-state index contributed by atoms with van der Waals surface area (Å²) in [5.41, 5.74) is 2.54. The Morgan fingerprint density at radius 2 is 1.76 bits per heavy atom. The molecule has 0 spiro atoms. The summed E-state index contributed by atoms with van der Waals surface area (Å²) in [5, 5.41) is 0.